The number of hydrogen-bond acceptors (Lipinski definition) is 5. The van der Waals surface area contributed by atoms with E-state index in [1.54, 1.807) is 19.1 Å². The van der Waals surface area contributed by atoms with E-state index in [1.807, 2.05) is 48.7 Å². The van der Waals surface area contributed by atoms with E-state index in [0.29, 0.717) is 17.7 Å². The number of rotatable bonds is 7. The van der Waals surface area contributed by atoms with E-state index in [-0.39, 0.29) is 10.6 Å². The van der Waals surface area contributed by atoms with Crippen LogP contribution in [0.15, 0.2) is 59.5 Å². The number of hydrogen-bond donors (Lipinski definition) is 2. The van der Waals surface area contributed by atoms with Crippen LogP contribution in [0.5, 0.6) is 0 Å². The second-order valence-electron chi connectivity index (χ2n) is 7.51. The van der Waals surface area contributed by atoms with Crippen molar-refractivity contribution in [1.82, 2.24) is 4.57 Å². The van der Waals surface area contributed by atoms with Crippen molar-refractivity contribution in [2.45, 2.75) is 32.2 Å². The summed E-state index contributed by atoms with van der Waals surface area (Å²) in [5.74, 6) is -1.21. The summed E-state index contributed by atoms with van der Waals surface area (Å²) in [7, 11) is -3.92. The van der Waals surface area contributed by atoms with Crippen LogP contribution in [0.4, 0.5) is 5.69 Å². The summed E-state index contributed by atoms with van der Waals surface area (Å²) in [6.07, 6.45) is 0. The Morgan fingerprint density at radius 3 is 2.38 bits per heavy atom. The zero-order valence-electron chi connectivity index (χ0n) is 18.1. The van der Waals surface area contributed by atoms with Gasteiger partial charge in [0.15, 0.2) is 6.61 Å². The number of primary sulfonamides is 1. The minimum absolute atomic E-state index is 0.0850. The van der Waals surface area contributed by atoms with Gasteiger partial charge >= 0.3 is 5.97 Å². The van der Waals surface area contributed by atoms with Crippen molar-refractivity contribution >= 4 is 27.6 Å². The molecule has 3 N–H and O–H groups in total. The average Bonchev–Trinajstić information content (AvgIpc) is 3.02. The number of amides is 1. The highest BCUT2D eigenvalue weighted by Gasteiger charge is 2.19. The number of esters is 1. The van der Waals surface area contributed by atoms with E-state index in [4.69, 9.17) is 9.88 Å². The first-order valence-electron chi connectivity index (χ1n) is 9.87. The van der Waals surface area contributed by atoms with Gasteiger partial charge in [-0.3, -0.25) is 4.79 Å². The van der Waals surface area contributed by atoms with Gasteiger partial charge in [0.25, 0.3) is 5.91 Å². The summed E-state index contributed by atoms with van der Waals surface area (Å²) in [5, 5.41) is 7.70. The van der Waals surface area contributed by atoms with Crippen molar-refractivity contribution < 1.29 is 22.7 Å². The molecule has 0 atom stereocenters. The van der Waals surface area contributed by atoms with Gasteiger partial charge in [0.1, 0.15) is 0 Å². The molecule has 0 aliphatic rings. The summed E-state index contributed by atoms with van der Waals surface area (Å²) >= 11 is 0. The molecule has 1 heterocycles. The highest BCUT2D eigenvalue weighted by Crippen LogP contribution is 2.20. The van der Waals surface area contributed by atoms with Crippen LogP contribution >= 0.6 is 0 Å². The maximum absolute atomic E-state index is 12.6. The van der Waals surface area contributed by atoms with Gasteiger partial charge in [0.2, 0.25) is 10.0 Å². The summed E-state index contributed by atoms with van der Waals surface area (Å²) in [5.41, 5.74) is 3.83. The van der Waals surface area contributed by atoms with Crippen molar-refractivity contribution in [1.29, 1.82) is 0 Å². The average molecular weight is 456 g/mol. The Labute approximate surface area is 187 Å². The fraction of sp³-hybridized carbons (Fsp3) is 0.217. The molecule has 1 aromatic heterocycles. The van der Waals surface area contributed by atoms with E-state index < -0.39 is 28.5 Å². The second kappa shape index (κ2) is 9.37. The van der Waals surface area contributed by atoms with Gasteiger partial charge in [-0.2, -0.15) is 0 Å². The molecule has 0 aliphatic heterocycles. The van der Waals surface area contributed by atoms with Crippen molar-refractivity contribution in [2.75, 3.05) is 11.9 Å². The molecule has 0 saturated carbocycles. The molecule has 8 nitrogen and oxygen atoms in total. The van der Waals surface area contributed by atoms with Gasteiger partial charge in [-0.05, 0) is 50.1 Å². The zero-order chi connectivity index (χ0) is 23.5. The molecule has 32 heavy (non-hydrogen) atoms. The molecular formula is C23H25N3O5S. The van der Waals surface area contributed by atoms with E-state index in [0.717, 1.165) is 17.0 Å². The smallest absolute Gasteiger partial charge is 0.340 e. The topological polar surface area (TPSA) is 120 Å². The Bertz CT molecular complexity index is 1260. The molecule has 0 saturated heterocycles. The largest absolute Gasteiger partial charge is 0.452 e. The number of sulfonamides is 1. The third kappa shape index (κ3) is 5.43. The third-order valence-corrected chi connectivity index (χ3v) is 6.14. The van der Waals surface area contributed by atoms with Crippen molar-refractivity contribution in [3.63, 3.8) is 0 Å². The number of carbonyl (C=O) groups is 2. The van der Waals surface area contributed by atoms with Crippen LogP contribution in [0, 0.1) is 20.8 Å². The molecule has 0 fully saturated rings. The molecule has 3 aromatic rings. The molecule has 0 spiro atoms. The minimum atomic E-state index is -3.92. The molecule has 2 aromatic carbocycles. The first-order chi connectivity index (χ1) is 15.1. The number of nitrogens with two attached hydrogens (primary N) is 1. The van der Waals surface area contributed by atoms with Crippen LogP contribution in [-0.2, 0) is 26.1 Å². The molecule has 0 radical (unpaired) electrons. The van der Waals surface area contributed by atoms with Crippen molar-refractivity contribution in [3.05, 3.63) is 82.7 Å². The van der Waals surface area contributed by atoms with Gasteiger partial charge in [-0.1, -0.05) is 36.4 Å². The SMILES string of the molecule is Cc1ccc(NC(=O)COC(=O)c2cc(C)n(Cc3ccccc3)c2C)cc1S(N)(=O)=O. The number of benzene rings is 2. The number of nitrogens with one attached hydrogen (secondary N) is 1. The first-order valence-corrected chi connectivity index (χ1v) is 11.4. The molecule has 3 rings (SSSR count). The van der Waals surface area contributed by atoms with E-state index in [9.17, 15) is 18.0 Å². The lowest BCUT2D eigenvalue weighted by Gasteiger charge is -2.11. The van der Waals surface area contributed by atoms with Crippen molar-refractivity contribution in [2.24, 2.45) is 5.14 Å². The van der Waals surface area contributed by atoms with Crippen LogP contribution in [0.1, 0.15) is 32.9 Å². The third-order valence-electron chi connectivity index (χ3n) is 5.09. The normalized spacial score (nSPS) is 11.2. The molecule has 0 aliphatic carbocycles. The Morgan fingerprint density at radius 1 is 1.03 bits per heavy atom. The zero-order valence-corrected chi connectivity index (χ0v) is 18.9. The lowest BCUT2D eigenvalue weighted by molar-refractivity contribution is -0.119. The van der Waals surface area contributed by atoms with Crippen LogP contribution in [0.3, 0.4) is 0 Å². The summed E-state index contributed by atoms with van der Waals surface area (Å²) in [6, 6.07) is 15.9. The van der Waals surface area contributed by atoms with Crippen LogP contribution < -0.4 is 10.5 Å². The fourth-order valence-electron chi connectivity index (χ4n) is 3.41. The van der Waals surface area contributed by atoms with Gasteiger partial charge < -0.3 is 14.6 Å². The van der Waals surface area contributed by atoms with Crippen molar-refractivity contribution in [3.8, 4) is 0 Å². The molecule has 1 amide bonds. The van der Waals surface area contributed by atoms with Crippen LogP contribution in [0.2, 0.25) is 0 Å². The summed E-state index contributed by atoms with van der Waals surface area (Å²) < 4.78 is 30.5. The predicted molar refractivity (Wildman–Crippen MR) is 121 cm³/mol. The first kappa shape index (κ1) is 23.2. The molecule has 0 bridgehead atoms. The molecule has 9 heteroatoms. The Balaban J connectivity index is 1.65. The highest BCUT2D eigenvalue weighted by atomic mass is 32.2. The standard InChI is InChI=1S/C23H25N3O5S/c1-15-9-10-19(12-21(15)32(24,29)30)25-22(27)14-31-23(28)20-11-16(2)26(17(20)3)13-18-7-5-4-6-8-18/h4-12H,13-14H2,1-3H3,(H,25,27)(H2,24,29,30). The van der Waals surface area contributed by atoms with Gasteiger partial charge in [-0.25, -0.2) is 18.4 Å². The minimum Gasteiger partial charge on any atom is -0.452 e. The number of anilines is 1. The van der Waals surface area contributed by atoms with E-state index >= 15 is 0 Å². The maximum atomic E-state index is 12.6. The quantitative estimate of drug-likeness (QED) is 0.531. The number of ether oxygens (including phenoxy) is 1. The van der Waals surface area contributed by atoms with E-state index in [1.165, 1.54) is 12.1 Å². The van der Waals surface area contributed by atoms with Gasteiger partial charge in [0, 0.05) is 23.6 Å². The Kier molecular flexibility index (Phi) is 6.81. The van der Waals surface area contributed by atoms with Crippen LogP contribution in [0.25, 0.3) is 0 Å². The lowest BCUT2D eigenvalue weighted by atomic mass is 10.2. The number of aromatic nitrogens is 1. The maximum Gasteiger partial charge on any atom is 0.340 e. The second-order valence-corrected chi connectivity index (χ2v) is 9.04. The molecular weight excluding hydrogens is 430 g/mol. The number of nitrogens with zero attached hydrogens (tertiary/aromatic N) is 1. The Morgan fingerprint density at radius 2 is 1.72 bits per heavy atom. The molecule has 168 valence electrons. The Hall–Kier alpha value is -3.43. The number of carbonyl (C=O) groups excluding carboxylic acids is 2. The molecule has 0 unspecified atom stereocenters. The number of aryl methyl sites for hydroxylation is 2. The van der Waals surface area contributed by atoms with Crippen LogP contribution in [-0.4, -0.2) is 31.5 Å². The predicted octanol–water partition coefficient (Wildman–Crippen LogP) is 2.90. The van der Waals surface area contributed by atoms with Gasteiger partial charge in [0.05, 0.1) is 10.5 Å². The van der Waals surface area contributed by atoms with E-state index in [2.05, 4.69) is 5.32 Å². The fourth-order valence-corrected chi connectivity index (χ4v) is 4.22. The summed E-state index contributed by atoms with van der Waals surface area (Å²) in [4.78, 5) is 24.7. The monoisotopic (exact) mass is 455 g/mol. The van der Waals surface area contributed by atoms with Gasteiger partial charge in [-0.15, -0.1) is 0 Å². The summed E-state index contributed by atoms with van der Waals surface area (Å²) in [6.45, 7) is 5.43. The highest BCUT2D eigenvalue weighted by molar-refractivity contribution is 7.89. The lowest BCUT2D eigenvalue weighted by Crippen LogP contribution is -2.21.